The molecule has 0 unspecified atom stereocenters. The summed E-state index contributed by atoms with van der Waals surface area (Å²) in [6, 6.07) is 15.4. The summed E-state index contributed by atoms with van der Waals surface area (Å²) in [6.45, 7) is 8.38. The van der Waals surface area contributed by atoms with Crippen LogP contribution in [0.15, 0.2) is 48.5 Å². The van der Waals surface area contributed by atoms with Crippen molar-refractivity contribution in [2.75, 3.05) is 51.1 Å². The predicted octanol–water partition coefficient (Wildman–Crippen LogP) is 3.61. The van der Waals surface area contributed by atoms with Crippen LogP contribution in [0.25, 0.3) is 0 Å². The minimum atomic E-state index is -0.494. The fourth-order valence-corrected chi connectivity index (χ4v) is 4.00. The van der Waals surface area contributed by atoms with Crippen LogP contribution in [0.2, 0.25) is 0 Å². The van der Waals surface area contributed by atoms with E-state index in [1.807, 2.05) is 69.3 Å². The van der Waals surface area contributed by atoms with Gasteiger partial charge in [0, 0.05) is 30.5 Å². The van der Waals surface area contributed by atoms with Crippen LogP contribution in [0.5, 0.6) is 0 Å². The highest BCUT2D eigenvalue weighted by Gasteiger charge is 2.21. The fraction of sp³-hybridized carbons (Fsp3) is 0.469. The highest BCUT2D eigenvalue weighted by Crippen LogP contribution is 2.26. The number of hydrogen-bond donors (Lipinski definition) is 1. The molecule has 0 saturated carbocycles. The number of fused-ring (bicyclic) bond motifs is 2. The second-order valence-electron chi connectivity index (χ2n) is 10.4. The SMILES string of the molecule is CC(C)(C)OC(=O)CCOCCOCCOCCNC(=O)CCC(=O)N1Cc2ccccc2C#Cc2ccccc21. The quantitative estimate of drug-likeness (QED) is 0.200. The molecule has 0 aliphatic carbocycles. The standard InChI is InChI=1S/C32H40N2O7/c1-32(2,3)41-31(37)16-18-38-20-22-40-23-21-39-19-17-33-29(35)14-15-30(36)34-24-27-10-5-4-8-25(27)12-13-26-9-6-7-11-28(26)34/h4-11H,14-24H2,1-3H3,(H,33,35). The molecule has 0 fully saturated rings. The Balaban J connectivity index is 1.26. The first-order valence-electron chi connectivity index (χ1n) is 13.9. The fourth-order valence-electron chi connectivity index (χ4n) is 4.00. The molecule has 0 aromatic heterocycles. The molecule has 1 heterocycles. The van der Waals surface area contributed by atoms with Crippen molar-refractivity contribution in [2.24, 2.45) is 0 Å². The number of rotatable bonds is 15. The zero-order chi connectivity index (χ0) is 29.5. The number of esters is 1. The lowest BCUT2D eigenvalue weighted by Crippen LogP contribution is -2.34. The molecule has 9 nitrogen and oxygen atoms in total. The van der Waals surface area contributed by atoms with Crippen molar-refractivity contribution in [3.63, 3.8) is 0 Å². The van der Waals surface area contributed by atoms with E-state index in [1.54, 1.807) is 4.90 Å². The Bertz CT molecular complexity index is 1230. The third-order valence-electron chi connectivity index (χ3n) is 5.92. The lowest BCUT2D eigenvalue weighted by Gasteiger charge is -2.26. The van der Waals surface area contributed by atoms with Gasteiger partial charge in [-0.2, -0.15) is 0 Å². The van der Waals surface area contributed by atoms with Gasteiger partial charge in [-0.1, -0.05) is 42.2 Å². The molecule has 2 aromatic rings. The first-order valence-corrected chi connectivity index (χ1v) is 13.9. The molecule has 3 rings (SSSR count). The van der Waals surface area contributed by atoms with Gasteiger partial charge in [0.05, 0.1) is 58.3 Å². The van der Waals surface area contributed by atoms with Gasteiger partial charge in [-0.15, -0.1) is 0 Å². The number of para-hydroxylation sites is 1. The van der Waals surface area contributed by atoms with Crippen molar-refractivity contribution in [1.82, 2.24) is 5.32 Å². The van der Waals surface area contributed by atoms with Gasteiger partial charge in [0.2, 0.25) is 11.8 Å². The first kappa shape index (κ1) is 31.8. The van der Waals surface area contributed by atoms with Crippen LogP contribution in [0.3, 0.4) is 0 Å². The average molecular weight is 565 g/mol. The number of nitrogens with zero attached hydrogens (tertiary/aromatic N) is 1. The van der Waals surface area contributed by atoms with E-state index < -0.39 is 5.60 Å². The van der Waals surface area contributed by atoms with Crippen LogP contribution in [0.4, 0.5) is 5.69 Å². The highest BCUT2D eigenvalue weighted by molar-refractivity contribution is 5.96. The predicted molar refractivity (Wildman–Crippen MR) is 155 cm³/mol. The number of carbonyl (C=O) groups excluding carboxylic acids is 3. The van der Waals surface area contributed by atoms with Crippen LogP contribution in [-0.4, -0.2) is 69.6 Å². The number of hydrogen-bond acceptors (Lipinski definition) is 7. The lowest BCUT2D eigenvalue weighted by atomic mass is 10.0. The van der Waals surface area contributed by atoms with E-state index >= 15 is 0 Å². The number of nitrogens with one attached hydrogen (secondary N) is 1. The van der Waals surface area contributed by atoms with Crippen molar-refractivity contribution in [3.05, 3.63) is 65.2 Å². The van der Waals surface area contributed by atoms with E-state index in [1.165, 1.54) is 0 Å². The molecular weight excluding hydrogens is 524 g/mol. The van der Waals surface area contributed by atoms with Gasteiger partial charge in [-0.05, 0) is 44.5 Å². The van der Waals surface area contributed by atoms with E-state index in [9.17, 15) is 14.4 Å². The van der Waals surface area contributed by atoms with Gasteiger partial charge in [-0.25, -0.2) is 0 Å². The molecule has 41 heavy (non-hydrogen) atoms. The highest BCUT2D eigenvalue weighted by atomic mass is 16.6. The minimum Gasteiger partial charge on any atom is -0.460 e. The maximum Gasteiger partial charge on any atom is 0.308 e. The molecule has 0 spiro atoms. The smallest absolute Gasteiger partial charge is 0.308 e. The molecule has 1 aliphatic rings. The lowest BCUT2D eigenvalue weighted by molar-refractivity contribution is -0.156. The topological polar surface area (TPSA) is 103 Å². The maximum atomic E-state index is 13.2. The van der Waals surface area contributed by atoms with Crippen LogP contribution < -0.4 is 10.2 Å². The Labute approximate surface area is 242 Å². The third-order valence-corrected chi connectivity index (χ3v) is 5.92. The van der Waals surface area contributed by atoms with Crippen LogP contribution in [-0.2, 0) is 39.9 Å². The Morgan fingerprint density at radius 3 is 2.12 bits per heavy atom. The Morgan fingerprint density at radius 2 is 1.39 bits per heavy atom. The zero-order valence-corrected chi connectivity index (χ0v) is 24.2. The molecule has 0 radical (unpaired) electrons. The second kappa shape index (κ2) is 16.5. The van der Waals surface area contributed by atoms with Crippen molar-refractivity contribution in [3.8, 4) is 11.8 Å². The molecule has 220 valence electrons. The maximum absolute atomic E-state index is 13.2. The van der Waals surface area contributed by atoms with Crippen molar-refractivity contribution in [1.29, 1.82) is 0 Å². The Morgan fingerprint density at radius 1 is 0.780 bits per heavy atom. The summed E-state index contributed by atoms with van der Waals surface area (Å²) in [7, 11) is 0. The van der Waals surface area contributed by atoms with E-state index in [0.29, 0.717) is 46.1 Å². The zero-order valence-electron chi connectivity index (χ0n) is 24.2. The Hall–Kier alpha value is -3.71. The van der Waals surface area contributed by atoms with Gasteiger partial charge in [0.15, 0.2) is 0 Å². The van der Waals surface area contributed by atoms with Crippen LogP contribution >= 0.6 is 0 Å². The monoisotopic (exact) mass is 564 g/mol. The second-order valence-corrected chi connectivity index (χ2v) is 10.4. The van der Waals surface area contributed by atoms with E-state index in [-0.39, 0.29) is 43.7 Å². The molecule has 0 saturated heterocycles. The van der Waals surface area contributed by atoms with Gasteiger partial charge >= 0.3 is 5.97 Å². The van der Waals surface area contributed by atoms with Gasteiger partial charge in [0.25, 0.3) is 0 Å². The van der Waals surface area contributed by atoms with Crippen molar-refractivity contribution in [2.45, 2.75) is 52.2 Å². The summed E-state index contributed by atoms with van der Waals surface area (Å²) in [5, 5.41) is 2.79. The molecule has 2 amide bonds. The molecule has 1 N–H and O–H groups in total. The molecule has 9 heteroatoms. The summed E-state index contributed by atoms with van der Waals surface area (Å²) in [6.07, 6.45) is 0.377. The third kappa shape index (κ3) is 11.7. The van der Waals surface area contributed by atoms with Crippen molar-refractivity contribution < 1.29 is 33.3 Å². The summed E-state index contributed by atoms with van der Waals surface area (Å²) in [4.78, 5) is 38.9. The van der Waals surface area contributed by atoms with E-state index in [0.717, 1.165) is 22.4 Å². The summed E-state index contributed by atoms with van der Waals surface area (Å²) < 4.78 is 21.5. The summed E-state index contributed by atoms with van der Waals surface area (Å²) in [5.74, 6) is 5.76. The molecule has 0 bridgehead atoms. The van der Waals surface area contributed by atoms with E-state index in [2.05, 4.69) is 17.2 Å². The van der Waals surface area contributed by atoms with Crippen molar-refractivity contribution >= 4 is 23.5 Å². The number of ether oxygens (including phenoxy) is 4. The Kier molecular flexibility index (Phi) is 12.8. The summed E-state index contributed by atoms with van der Waals surface area (Å²) in [5.41, 5.74) is 2.91. The summed E-state index contributed by atoms with van der Waals surface area (Å²) >= 11 is 0. The molecule has 2 aromatic carbocycles. The van der Waals surface area contributed by atoms with Crippen LogP contribution in [0, 0.1) is 11.8 Å². The van der Waals surface area contributed by atoms with Crippen LogP contribution in [0.1, 0.15) is 56.7 Å². The number of anilines is 1. The largest absolute Gasteiger partial charge is 0.460 e. The normalized spacial score (nSPS) is 12.2. The molecular formula is C32H40N2O7. The van der Waals surface area contributed by atoms with E-state index in [4.69, 9.17) is 18.9 Å². The first-order chi connectivity index (χ1) is 19.7. The minimum absolute atomic E-state index is 0.0852. The average Bonchev–Trinajstić information content (AvgIpc) is 2.92. The molecule has 1 aliphatic heterocycles. The number of benzene rings is 2. The van der Waals surface area contributed by atoms with Gasteiger partial charge in [0.1, 0.15) is 5.60 Å². The number of amides is 2. The van der Waals surface area contributed by atoms with Gasteiger partial charge in [-0.3, -0.25) is 14.4 Å². The molecule has 0 atom stereocenters. The number of carbonyl (C=O) groups is 3. The van der Waals surface area contributed by atoms with Gasteiger partial charge < -0.3 is 29.2 Å².